The largest absolute Gasteiger partial charge is 0.483 e. The Morgan fingerprint density at radius 2 is 2.00 bits per heavy atom. The van der Waals surface area contributed by atoms with Crippen LogP contribution in [0, 0.1) is 0 Å². The number of aliphatic hydroxyl groups excluding tert-OH is 1. The van der Waals surface area contributed by atoms with Crippen molar-refractivity contribution < 1.29 is 14.6 Å². The molecule has 0 aliphatic carbocycles. The molecule has 1 rings (SSSR count). The van der Waals surface area contributed by atoms with E-state index in [1.807, 2.05) is 30.4 Å². The zero-order valence-electron chi connectivity index (χ0n) is 13.9. The first-order valence-corrected chi connectivity index (χ1v) is 8.41. The average Bonchev–Trinajstić information content (AvgIpc) is 3.29. The number of hydrogen-bond acceptors (Lipinski definition) is 3. The first kappa shape index (κ1) is 19.2. The van der Waals surface area contributed by atoms with Gasteiger partial charge in [0.25, 0.3) is 0 Å². The summed E-state index contributed by atoms with van der Waals surface area (Å²) in [6, 6.07) is 0. The third-order valence-corrected chi connectivity index (χ3v) is 3.34. The Bertz CT molecular complexity index is 469. The van der Waals surface area contributed by atoms with Crippen molar-refractivity contribution in [2.24, 2.45) is 0 Å². The number of carbonyl (C=O) groups is 1. The quantitative estimate of drug-likeness (QED) is 0.191. The van der Waals surface area contributed by atoms with Crippen LogP contribution in [0.3, 0.4) is 0 Å². The summed E-state index contributed by atoms with van der Waals surface area (Å²) >= 11 is 0. The summed E-state index contributed by atoms with van der Waals surface area (Å²) in [4.78, 5) is 10.2. The van der Waals surface area contributed by atoms with Gasteiger partial charge in [0.05, 0.1) is 6.10 Å². The van der Waals surface area contributed by atoms with Crippen LogP contribution >= 0.6 is 0 Å². The second-order valence-corrected chi connectivity index (χ2v) is 5.43. The highest BCUT2D eigenvalue weighted by Crippen LogP contribution is 2.30. The molecule has 23 heavy (non-hydrogen) atoms. The number of aldehydes is 1. The van der Waals surface area contributed by atoms with E-state index in [4.69, 9.17) is 4.74 Å². The van der Waals surface area contributed by atoms with Gasteiger partial charge in [-0.1, -0.05) is 55.5 Å². The van der Waals surface area contributed by atoms with E-state index in [1.165, 1.54) is 0 Å². The smallest absolute Gasteiger partial charge is 0.159 e. The molecule has 0 spiro atoms. The second-order valence-electron chi connectivity index (χ2n) is 5.43. The van der Waals surface area contributed by atoms with E-state index in [0.717, 1.165) is 37.7 Å². The van der Waals surface area contributed by atoms with Crippen molar-refractivity contribution in [3.63, 3.8) is 0 Å². The minimum atomic E-state index is -0.427. The standard InChI is InChI=1S/C20H28O3/c1-2-3-8-13-18(22)14-9-7-11-16-20-19(23-20)15-10-5-4-6-12-17-21/h3,5,7-11,14,16-19,22H,2,4,6,12-13,15H2,1H3/b8-3-,10-5-,11-7-,14-9+,20-16+. The van der Waals surface area contributed by atoms with E-state index in [9.17, 15) is 9.90 Å². The lowest BCUT2D eigenvalue weighted by Gasteiger charge is -1.98. The predicted molar refractivity (Wildman–Crippen MR) is 95.0 cm³/mol. The SMILES string of the molecule is CC/C=C\CC(O)/C=C/C=C\C=C1\OC1C/C=C\CCCC=O. The molecule has 2 unspecified atom stereocenters. The molecule has 1 aliphatic rings. The molecule has 0 saturated carbocycles. The number of allylic oxidation sites excluding steroid dienone is 6. The molecule has 0 aromatic carbocycles. The lowest BCUT2D eigenvalue weighted by molar-refractivity contribution is -0.107. The molecule has 3 heteroatoms. The molecule has 1 heterocycles. The van der Waals surface area contributed by atoms with Gasteiger partial charge in [0, 0.05) is 12.8 Å². The van der Waals surface area contributed by atoms with E-state index in [1.54, 1.807) is 6.08 Å². The fraction of sp³-hybridized carbons (Fsp3) is 0.450. The van der Waals surface area contributed by atoms with Gasteiger partial charge in [-0.05, 0) is 31.8 Å². The lowest BCUT2D eigenvalue weighted by Crippen LogP contribution is -1.98. The third kappa shape index (κ3) is 10.5. The van der Waals surface area contributed by atoms with Crippen molar-refractivity contribution in [2.45, 2.75) is 57.7 Å². The topological polar surface area (TPSA) is 49.8 Å². The third-order valence-electron chi connectivity index (χ3n) is 3.34. The van der Waals surface area contributed by atoms with Gasteiger partial charge in [-0.15, -0.1) is 0 Å². The Balaban J connectivity index is 2.14. The Morgan fingerprint density at radius 3 is 2.78 bits per heavy atom. The summed E-state index contributed by atoms with van der Waals surface area (Å²) in [5, 5.41) is 9.67. The van der Waals surface area contributed by atoms with Crippen LogP contribution in [0.2, 0.25) is 0 Å². The van der Waals surface area contributed by atoms with Crippen molar-refractivity contribution in [1.29, 1.82) is 0 Å². The van der Waals surface area contributed by atoms with Crippen LogP contribution in [-0.2, 0) is 9.53 Å². The van der Waals surface area contributed by atoms with Gasteiger partial charge in [0.2, 0.25) is 0 Å². The number of aliphatic hydroxyl groups is 1. The van der Waals surface area contributed by atoms with Gasteiger partial charge < -0.3 is 14.6 Å². The number of carbonyl (C=O) groups excluding carboxylic acids is 1. The maximum atomic E-state index is 10.2. The van der Waals surface area contributed by atoms with Gasteiger partial charge in [0.1, 0.15) is 12.0 Å². The molecular weight excluding hydrogens is 288 g/mol. The van der Waals surface area contributed by atoms with Gasteiger partial charge in [0.15, 0.2) is 6.10 Å². The minimum Gasteiger partial charge on any atom is -0.483 e. The Kier molecular flexibility index (Phi) is 10.5. The minimum absolute atomic E-state index is 0.204. The van der Waals surface area contributed by atoms with Gasteiger partial charge in [-0.25, -0.2) is 0 Å². The van der Waals surface area contributed by atoms with E-state index in [0.29, 0.717) is 12.8 Å². The molecule has 1 N–H and O–H groups in total. The zero-order chi connectivity index (χ0) is 16.8. The van der Waals surface area contributed by atoms with E-state index < -0.39 is 6.10 Å². The van der Waals surface area contributed by atoms with Crippen LogP contribution in [0.4, 0.5) is 0 Å². The second kappa shape index (κ2) is 12.7. The zero-order valence-corrected chi connectivity index (χ0v) is 13.9. The highest BCUT2D eigenvalue weighted by molar-refractivity contribution is 5.49. The van der Waals surface area contributed by atoms with Gasteiger partial charge in [-0.2, -0.15) is 0 Å². The van der Waals surface area contributed by atoms with Crippen molar-refractivity contribution in [3.05, 3.63) is 60.4 Å². The van der Waals surface area contributed by atoms with E-state index >= 15 is 0 Å². The molecule has 0 bridgehead atoms. The normalized spacial score (nSPS) is 21.0. The van der Waals surface area contributed by atoms with Gasteiger partial charge in [-0.3, -0.25) is 0 Å². The molecule has 126 valence electrons. The first-order chi connectivity index (χ1) is 11.3. The number of hydrogen-bond donors (Lipinski definition) is 1. The molecule has 1 saturated heterocycles. The van der Waals surface area contributed by atoms with Crippen LogP contribution in [-0.4, -0.2) is 23.6 Å². The molecule has 0 amide bonds. The Morgan fingerprint density at radius 1 is 1.13 bits per heavy atom. The van der Waals surface area contributed by atoms with Crippen LogP contribution in [0.5, 0.6) is 0 Å². The summed E-state index contributed by atoms with van der Waals surface area (Å²) < 4.78 is 5.46. The Labute approximate surface area is 139 Å². The van der Waals surface area contributed by atoms with E-state index in [-0.39, 0.29) is 6.10 Å². The average molecular weight is 316 g/mol. The van der Waals surface area contributed by atoms with Crippen LogP contribution in [0.1, 0.15) is 45.4 Å². The first-order valence-electron chi connectivity index (χ1n) is 8.41. The summed E-state index contributed by atoms with van der Waals surface area (Å²) in [5.41, 5.74) is 0. The highest BCUT2D eigenvalue weighted by atomic mass is 16.6. The van der Waals surface area contributed by atoms with Crippen molar-refractivity contribution in [3.8, 4) is 0 Å². The molecule has 2 atom stereocenters. The van der Waals surface area contributed by atoms with Crippen molar-refractivity contribution in [1.82, 2.24) is 0 Å². The summed E-state index contributed by atoms with van der Waals surface area (Å²) in [6.45, 7) is 2.08. The van der Waals surface area contributed by atoms with Crippen LogP contribution < -0.4 is 0 Å². The number of epoxide rings is 1. The predicted octanol–water partition coefficient (Wildman–Crippen LogP) is 4.41. The molecule has 0 aromatic heterocycles. The summed E-state index contributed by atoms with van der Waals surface area (Å²) in [5.74, 6) is 0.999. The monoisotopic (exact) mass is 316 g/mol. The highest BCUT2D eigenvalue weighted by Gasteiger charge is 2.29. The maximum Gasteiger partial charge on any atom is 0.159 e. The molecule has 3 nitrogen and oxygen atoms in total. The number of rotatable bonds is 12. The number of ether oxygens (including phenoxy) is 1. The van der Waals surface area contributed by atoms with E-state index in [2.05, 4.69) is 25.2 Å². The number of unbranched alkanes of at least 4 members (excludes halogenated alkanes) is 2. The fourth-order valence-electron chi connectivity index (χ4n) is 1.99. The molecule has 1 aliphatic heterocycles. The summed E-state index contributed by atoms with van der Waals surface area (Å²) in [6.07, 6.45) is 23.5. The summed E-state index contributed by atoms with van der Waals surface area (Å²) in [7, 11) is 0. The molecule has 0 aromatic rings. The Hall–Kier alpha value is -1.87. The molecule has 0 radical (unpaired) electrons. The fourth-order valence-corrected chi connectivity index (χ4v) is 1.99. The van der Waals surface area contributed by atoms with Crippen molar-refractivity contribution in [2.75, 3.05) is 0 Å². The van der Waals surface area contributed by atoms with Crippen molar-refractivity contribution >= 4 is 6.29 Å². The maximum absolute atomic E-state index is 10.2. The molecule has 1 fully saturated rings. The lowest BCUT2D eigenvalue weighted by atomic mass is 10.2. The van der Waals surface area contributed by atoms with Gasteiger partial charge >= 0.3 is 0 Å². The van der Waals surface area contributed by atoms with Crippen LogP contribution in [0.25, 0.3) is 0 Å². The van der Waals surface area contributed by atoms with Crippen LogP contribution in [0.15, 0.2) is 60.4 Å². The molecular formula is C20H28O3.